The molecule has 1 aromatic carbocycles. The van der Waals surface area contributed by atoms with Crippen LogP contribution in [-0.2, 0) is 0 Å². The summed E-state index contributed by atoms with van der Waals surface area (Å²) in [5.41, 5.74) is 7.67. The molecule has 3 atom stereocenters. The Kier molecular flexibility index (Phi) is 4.97. The molecule has 1 aliphatic heterocycles. The number of piperidine rings is 1. The molecule has 0 amide bonds. The highest BCUT2D eigenvalue weighted by Crippen LogP contribution is 2.23. The molecule has 2 N–H and O–H groups in total. The molecule has 19 heavy (non-hydrogen) atoms. The summed E-state index contributed by atoms with van der Waals surface area (Å²) in [7, 11) is 4.35. The lowest BCUT2D eigenvalue weighted by Crippen LogP contribution is -2.51. The van der Waals surface area contributed by atoms with Crippen LogP contribution in [0, 0.1) is 0 Å². The van der Waals surface area contributed by atoms with Crippen molar-refractivity contribution in [3.8, 4) is 0 Å². The molecular formula is C16H27N3. The second-order valence-electron chi connectivity index (χ2n) is 5.93. The Morgan fingerprint density at radius 3 is 2.58 bits per heavy atom. The average molecular weight is 261 g/mol. The number of hydrogen-bond acceptors (Lipinski definition) is 3. The maximum absolute atomic E-state index is 6.44. The molecule has 1 aliphatic rings. The number of nitrogens with zero attached hydrogens (tertiary/aromatic N) is 2. The van der Waals surface area contributed by atoms with Gasteiger partial charge in [-0.3, -0.25) is 4.90 Å². The fraction of sp³-hybridized carbons (Fsp3) is 0.625. The molecule has 3 nitrogen and oxygen atoms in total. The van der Waals surface area contributed by atoms with E-state index in [1.165, 1.54) is 24.9 Å². The Morgan fingerprint density at radius 2 is 1.95 bits per heavy atom. The number of likely N-dealkylation sites (N-methyl/N-ethyl adjacent to an activating group) is 1. The number of hydrogen-bond donors (Lipinski definition) is 1. The summed E-state index contributed by atoms with van der Waals surface area (Å²) in [5, 5.41) is 0. The molecule has 0 radical (unpaired) electrons. The first kappa shape index (κ1) is 14.5. The maximum atomic E-state index is 6.44. The quantitative estimate of drug-likeness (QED) is 0.901. The molecule has 0 saturated carbocycles. The van der Waals surface area contributed by atoms with Gasteiger partial charge in [0, 0.05) is 24.7 Å². The monoisotopic (exact) mass is 261 g/mol. The minimum atomic E-state index is 0.0992. The number of rotatable bonds is 4. The molecule has 1 saturated heterocycles. The zero-order valence-electron chi connectivity index (χ0n) is 12.4. The van der Waals surface area contributed by atoms with E-state index < -0.39 is 0 Å². The van der Waals surface area contributed by atoms with E-state index >= 15 is 0 Å². The van der Waals surface area contributed by atoms with Crippen molar-refractivity contribution in [1.29, 1.82) is 0 Å². The van der Waals surface area contributed by atoms with Crippen LogP contribution in [0.25, 0.3) is 0 Å². The first-order chi connectivity index (χ1) is 9.09. The normalized spacial score (nSPS) is 24.4. The third-order valence-electron chi connectivity index (χ3n) is 4.44. The highest BCUT2D eigenvalue weighted by Gasteiger charge is 2.28. The van der Waals surface area contributed by atoms with Crippen molar-refractivity contribution in [1.82, 2.24) is 9.80 Å². The third kappa shape index (κ3) is 3.56. The molecule has 3 heteroatoms. The lowest BCUT2D eigenvalue weighted by atomic mass is 9.96. The van der Waals surface area contributed by atoms with Gasteiger partial charge in [-0.05, 0) is 46.0 Å². The first-order valence-electron chi connectivity index (χ1n) is 7.30. The number of benzene rings is 1. The van der Waals surface area contributed by atoms with Gasteiger partial charge >= 0.3 is 0 Å². The predicted molar refractivity (Wildman–Crippen MR) is 81.1 cm³/mol. The van der Waals surface area contributed by atoms with Crippen molar-refractivity contribution < 1.29 is 0 Å². The van der Waals surface area contributed by atoms with Crippen molar-refractivity contribution in [2.75, 3.05) is 27.2 Å². The van der Waals surface area contributed by atoms with Crippen LogP contribution in [0.2, 0.25) is 0 Å². The fourth-order valence-electron chi connectivity index (χ4n) is 2.96. The zero-order valence-corrected chi connectivity index (χ0v) is 12.4. The smallest absolute Gasteiger partial charge is 0.0450 e. The molecule has 0 bridgehead atoms. The Bertz CT molecular complexity index is 377. The van der Waals surface area contributed by atoms with Gasteiger partial charge in [0.05, 0.1) is 0 Å². The number of likely N-dealkylation sites (tertiary alicyclic amines) is 1. The van der Waals surface area contributed by atoms with Gasteiger partial charge < -0.3 is 10.6 Å². The van der Waals surface area contributed by atoms with E-state index in [4.69, 9.17) is 5.73 Å². The minimum absolute atomic E-state index is 0.0992. The van der Waals surface area contributed by atoms with E-state index in [9.17, 15) is 0 Å². The second-order valence-corrected chi connectivity index (χ2v) is 5.93. The first-order valence-corrected chi connectivity index (χ1v) is 7.30. The van der Waals surface area contributed by atoms with E-state index in [-0.39, 0.29) is 6.04 Å². The number of nitrogens with two attached hydrogens (primary N) is 1. The molecule has 3 unspecified atom stereocenters. The summed E-state index contributed by atoms with van der Waals surface area (Å²) in [6.07, 6.45) is 2.57. The molecule has 0 aromatic heterocycles. The van der Waals surface area contributed by atoms with Crippen LogP contribution in [0.3, 0.4) is 0 Å². The van der Waals surface area contributed by atoms with Gasteiger partial charge in [0.15, 0.2) is 0 Å². The average Bonchev–Trinajstić information content (AvgIpc) is 2.46. The van der Waals surface area contributed by atoms with Crippen molar-refractivity contribution in [2.24, 2.45) is 5.73 Å². The highest BCUT2D eigenvalue weighted by molar-refractivity contribution is 5.20. The molecule has 1 fully saturated rings. The van der Waals surface area contributed by atoms with Gasteiger partial charge in [-0.1, -0.05) is 30.3 Å². The molecule has 106 valence electrons. The van der Waals surface area contributed by atoms with Crippen LogP contribution in [0.15, 0.2) is 30.3 Å². The minimum Gasteiger partial charge on any atom is -0.323 e. The summed E-state index contributed by atoms with van der Waals surface area (Å²) in [6.45, 7) is 4.57. The zero-order chi connectivity index (χ0) is 13.8. The van der Waals surface area contributed by atoms with Crippen LogP contribution in [-0.4, -0.2) is 49.1 Å². The fourth-order valence-corrected chi connectivity index (χ4v) is 2.96. The Hall–Kier alpha value is -0.900. The Morgan fingerprint density at radius 1 is 1.26 bits per heavy atom. The van der Waals surface area contributed by atoms with Crippen molar-refractivity contribution >= 4 is 0 Å². The Balaban J connectivity index is 2.01. The van der Waals surface area contributed by atoms with Crippen LogP contribution in [0.1, 0.15) is 31.4 Å². The Labute approximate surface area is 117 Å². The SMILES string of the molecule is CC(C(N)c1ccccc1)N1CCCC(N(C)C)C1. The lowest BCUT2D eigenvalue weighted by molar-refractivity contribution is 0.0916. The second kappa shape index (κ2) is 6.51. The van der Waals surface area contributed by atoms with Crippen molar-refractivity contribution in [3.05, 3.63) is 35.9 Å². The van der Waals surface area contributed by atoms with Crippen LogP contribution >= 0.6 is 0 Å². The maximum Gasteiger partial charge on any atom is 0.0450 e. The molecule has 1 heterocycles. The van der Waals surface area contributed by atoms with Crippen LogP contribution in [0.5, 0.6) is 0 Å². The largest absolute Gasteiger partial charge is 0.323 e. The highest BCUT2D eigenvalue weighted by atomic mass is 15.2. The van der Waals surface area contributed by atoms with E-state index in [0.717, 1.165) is 6.54 Å². The van der Waals surface area contributed by atoms with Crippen LogP contribution in [0.4, 0.5) is 0 Å². The molecule has 0 aliphatic carbocycles. The van der Waals surface area contributed by atoms with E-state index in [2.05, 4.69) is 55.1 Å². The van der Waals surface area contributed by atoms with Gasteiger partial charge in [-0.2, -0.15) is 0 Å². The lowest BCUT2D eigenvalue weighted by Gasteiger charge is -2.41. The summed E-state index contributed by atoms with van der Waals surface area (Å²) in [6, 6.07) is 11.6. The van der Waals surface area contributed by atoms with Gasteiger partial charge in [0.25, 0.3) is 0 Å². The van der Waals surface area contributed by atoms with Gasteiger partial charge in [0.2, 0.25) is 0 Å². The molecular weight excluding hydrogens is 234 g/mol. The molecule has 1 aromatic rings. The van der Waals surface area contributed by atoms with Crippen LogP contribution < -0.4 is 5.73 Å². The van der Waals surface area contributed by atoms with E-state index in [1.54, 1.807) is 0 Å². The third-order valence-corrected chi connectivity index (χ3v) is 4.44. The summed E-state index contributed by atoms with van der Waals surface area (Å²) in [4.78, 5) is 4.89. The topological polar surface area (TPSA) is 32.5 Å². The van der Waals surface area contributed by atoms with Gasteiger partial charge in [-0.25, -0.2) is 0 Å². The summed E-state index contributed by atoms with van der Waals surface area (Å²) < 4.78 is 0. The van der Waals surface area contributed by atoms with Crippen molar-refractivity contribution in [2.45, 2.75) is 37.9 Å². The predicted octanol–water partition coefficient (Wildman–Crippen LogP) is 2.10. The van der Waals surface area contributed by atoms with E-state index in [0.29, 0.717) is 12.1 Å². The van der Waals surface area contributed by atoms with E-state index in [1.807, 2.05) is 6.07 Å². The van der Waals surface area contributed by atoms with Gasteiger partial charge in [-0.15, -0.1) is 0 Å². The van der Waals surface area contributed by atoms with Gasteiger partial charge in [0.1, 0.15) is 0 Å². The summed E-state index contributed by atoms with van der Waals surface area (Å²) >= 11 is 0. The molecule has 2 rings (SSSR count). The molecule has 0 spiro atoms. The van der Waals surface area contributed by atoms with Crippen molar-refractivity contribution in [3.63, 3.8) is 0 Å². The summed E-state index contributed by atoms with van der Waals surface area (Å²) in [5.74, 6) is 0. The standard InChI is InChI=1S/C16H27N3/c1-13(16(17)14-8-5-4-6-9-14)19-11-7-10-15(12-19)18(2)3/h4-6,8-9,13,15-16H,7,10-12,17H2,1-3H3.